The number of methoxy groups -OCH3 is 1. The van der Waals surface area contributed by atoms with Gasteiger partial charge in [0, 0.05) is 5.54 Å². The van der Waals surface area contributed by atoms with Crippen LogP contribution in [0.1, 0.15) is 26.7 Å². The summed E-state index contributed by atoms with van der Waals surface area (Å²) in [7, 11) is 1.55. The second-order valence-electron chi connectivity index (χ2n) is 3.76. The van der Waals surface area contributed by atoms with Crippen molar-refractivity contribution in [1.29, 1.82) is 0 Å². The maximum Gasteiger partial charge on any atom is 0.220 e. The lowest BCUT2D eigenvalue weighted by Crippen LogP contribution is -2.44. The molecule has 1 rings (SSSR count). The van der Waals surface area contributed by atoms with Gasteiger partial charge in [0.2, 0.25) is 11.8 Å². The highest BCUT2D eigenvalue weighted by atomic mass is 16.5. The molecule has 0 amide bonds. The smallest absolute Gasteiger partial charge is 0.220 e. The van der Waals surface area contributed by atoms with Crippen molar-refractivity contribution in [1.82, 2.24) is 9.97 Å². The predicted octanol–water partition coefficient (Wildman–Crippen LogP) is 1.38. The van der Waals surface area contributed by atoms with Crippen LogP contribution in [0.15, 0.2) is 12.4 Å². The highest BCUT2D eigenvalue weighted by Gasteiger charge is 2.21. The van der Waals surface area contributed by atoms with E-state index in [1.165, 1.54) is 6.33 Å². The second-order valence-corrected chi connectivity index (χ2v) is 3.76. The second kappa shape index (κ2) is 5.65. The monoisotopic (exact) mass is 225 g/mol. The number of hydrogen-bond donors (Lipinski definition) is 1. The van der Waals surface area contributed by atoms with Crippen molar-refractivity contribution in [2.24, 2.45) is 5.73 Å². The summed E-state index contributed by atoms with van der Waals surface area (Å²) in [4.78, 5) is 7.89. The summed E-state index contributed by atoms with van der Waals surface area (Å²) in [6.45, 7) is 4.54. The first kappa shape index (κ1) is 12.7. The Bertz CT molecular complexity index is 327. The van der Waals surface area contributed by atoms with Gasteiger partial charge in [-0.25, -0.2) is 9.97 Å². The first-order valence-corrected chi connectivity index (χ1v) is 5.41. The van der Waals surface area contributed by atoms with E-state index in [1.54, 1.807) is 13.2 Å². The summed E-state index contributed by atoms with van der Waals surface area (Å²) in [5.74, 6) is 0.976. The van der Waals surface area contributed by atoms with Gasteiger partial charge >= 0.3 is 0 Å². The van der Waals surface area contributed by atoms with Crippen LogP contribution in [0.3, 0.4) is 0 Å². The predicted molar refractivity (Wildman–Crippen MR) is 61.6 cm³/mol. The highest BCUT2D eigenvalue weighted by Crippen LogP contribution is 2.16. The molecule has 2 N–H and O–H groups in total. The Morgan fingerprint density at radius 1 is 1.25 bits per heavy atom. The minimum absolute atomic E-state index is 0.293. The number of nitrogens with zero attached hydrogens (tertiary/aromatic N) is 2. The van der Waals surface area contributed by atoms with Crippen LogP contribution >= 0.6 is 0 Å². The van der Waals surface area contributed by atoms with Gasteiger partial charge in [-0.15, -0.1) is 0 Å². The van der Waals surface area contributed by atoms with Gasteiger partial charge in [-0.1, -0.05) is 13.8 Å². The standard InChI is InChI=1S/C11H19N3O2/c1-4-11(12,5-2)7-16-10-6-9(15-3)13-8-14-10/h6,8H,4-5,7,12H2,1-3H3. The van der Waals surface area contributed by atoms with Crippen molar-refractivity contribution in [3.8, 4) is 11.8 Å². The Morgan fingerprint density at radius 3 is 2.44 bits per heavy atom. The van der Waals surface area contributed by atoms with Crippen LogP contribution in [0.4, 0.5) is 0 Å². The third kappa shape index (κ3) is 3.34. The topological polar surface area (TPSA) is 70.3 Å². The van der Waals surface area contributed by atoms with Crippen molar-refractivity contribution in [2.75, 3.05) is 13.7 Å². The van der Waals surface area contributed by atoms with Gasteiger partial charge in [0.25, 0.3) is 0 Å². The summed E-state index contributed by atoms with van der Waals surface area (Å²) < 4.78 is 10.5. The van der Waals surface area contributed by atoms with E-state index in [9.17, 15) is 0 Å². The Morgan fingerprint density at radius 2 is 1.88 bits per heavy atom. The molecule has 0 aromatic carbocycles. The van der Waals surface area contributed by atoms with E-state index in [2.05, 4.69) is 9.97 Å². The van der Waals surface area contributed by atoms with Crippen molar-refractivity contribution in [2.45, 2.75) is 32.2 Å². The lowest BCUT2D eigenvalue weighted by Gasteiger charge is -2.26. The molecule has 5 heteroatoms. The third-order valence-corrected chi connectivity index (χ3v) is 2.74. The van der Waals surface area contributed by atoms with E-state index in [0.717, 1.165) is 12.8 Å². The summed E-state index contributed by atoms with van der Waals surface area (Å²) in [5.41, 5.74) is 5.82. The van der Waals surface area contributed by atoms with E-state index in [0.29, 0.717) is 18.4 Å². The quantitative estimate of drug-likeness (QED) is 0.792. The molecular formula is C11H19N3O2. The van der Waals surface area contributed by atoms with Crippen LogP contribution in [0, 0.1) is 0 Å². The number of aromatic nitrogens is 2. The van der Waals surface area contributed by atoms with Crippen LogP contribution in [0.5, 0.6) is 11.8 Å². The maximum atomic E-state index is 6.12. The maximum absolute atomic E-state index is 6.12. The molecule has 0 aliphatic carbocycles. The summed E-state index contributed by atoms with van der Waals surface area (Å²) in [6.07, 6.45) is 3.14. The lowest BCUT2D eigenvalue weighted by atomic mass is 9.96. The van der Waals surface area contributed by atoms with Gasteiger partial charge in [-0.05, 0) is 12.8 Å². The minimum Gasteiger partial charge on any atom is -0.481 e. The summed E-state index contributed by atoms with van der Waals surface area (Å²) in [6, 6.07) is 1.64. The zero-order valence-corrected chi connectivity index (χ0v) is 10.1. The molecule has 16 heavy (non-hydrogen) atoms. The molecule has 0 fully saturated rings. The van der Waals surface area contributed by atoms with E-state index >= 15 is 0 Å². The fourth-order valence-electron chi connectivity index (χ4n) is 1.19. The average Bonchev–Trinajstić information content (AvgIpc) is 2.36. The van der Waals surface area contributed by atoms with E-state index in [-0.39, 0.29) is 5.54 Å². The molecule has 0 aliphatic rings. The Labute approximate surface area is 96.0 Å². The molecule has 0 unspecified atom stereocenters. The molecule has 0 spiro atoms. The lowest BCUT2D eigenvalue weighted by molar-refractivity contribution is 0.199. The summed E-state index contributed by atoms with van der Waals surface area (Å²) >= 11 is 0. The van der Waals surface area contributed by atoms with Crippen molar-refractivity contribution in [3.05, 3.63) is 12.4 Å². The first-order chi connectivity index (χ1) is 7.63. The molecule has 0 bridgehead atoms. The minimum atomic E-state index is -0.293. The van der Waals surface area contributed by atoms with Crippen LogP contribution in [-0.4, -0.2) is 29.2 Å². The van der Waals surface area contributed by atoms with Gasteiger partial charge in [-0.3, -0.25) is 0 Å². The number of ether oxygens (including phenoxy) is 2. The fraction of sp³-hybridized carbons (Fsp3) is 0.636. The van der Waals surface area contributed by atoms with Gasteiger partial charge in [0.15, 0.2) is 0 Å². The zero-order valence-electron chi connectivity index (χ0n) is 10.1. The number of nitrogens with two attached hydrogens (primary N) is 1. The SMILES string of the molecule is CCC(N)(CC)COc1cc(OC)ncn1. The molecule has 0 saturated heterocycles. The van der Waals surface area contributed by atoms with Crippen LogP contribution < -0.4 is 15.2 Å². The third-order valence-electron chi connectivity index (χ3n) is 2.74. The van der Waals surface area contributed by atoms with E-state index in [1.807, 2.05) is 13.8 Å². The summed E-state index contributed by atoms with van der Waals surface area (Å²) in [5, 5.41) is 0. The van der Waals surface area contributed by atoms with Gasteiger partial charge in [-0.2, -0.15) is 0 Å². The van der Waals surface area contributed by atoms with Gasteiger partial charge in [0.05, 0.1) is 13.2 Å². The zero-order chi connectivity index (χ0) is 12.0. The average molecular weight is 225 g/mol. The van der Waals surface area contributed by atoms with Gasteiger partial charge in [0.1, 0.15) is 12.9 Å². The van der Waals surface area contributed by atoms with Crippen molar-refractivity contribution < 1.29 is 9.47 Å². The Kier molecular flexibility index (Phi) is 4.49. The molecule has 1 aromatic heterocycles. The Balaban J connectivity index is 2.60. The van der Waals surface area contributed by atoms with Crippen molar-refractivity contribution >= 4 is 0 Å². The largest absolute Gasteiger partial charge is 0.481 e. The normalized spacial score (nSPS) is 11.2. The molecule has 1 heterocycles. The number of hydrogen-bond acceptors (Lipinski definition) is 5. The molecule has 1 aromatic rings. The molecule has 0 radical (unpaired) electrons. The Hall–Kier alpha value is -1.36. The highest BCUT2D eigenvalue weighted by molar-refractivity contribution is 5.18. The van der Waals surface area contributed by atoms with E-state index in [4.69, 9.17) is 15.2 Å². The van der Waals surface area contributed by atoms with Crippen LogP contribution in [0.2, 0.25) is 0 Å². The van der Waals surface area contributed by atoms with Gasteiger partial charge < -0.3 is 15.2 Å². The molecule has 0 aliphatic heterocycles. The molecule has 0 atom stereocenters. The molecule has 90 valence electrons. The van der Waals surface area contributed by atoms with Crippen LogP contribution in [0.25, 0.3) is 0 Å². The van der Waals surface area contributed by atoms with Crippen LogP contribution in [-0.2, 0) is 0 Å². The molecular weight excluding hydrogens is 206 g/mol. The fourth-order valence-corrected chi connectivity index (χ4v) is 1.19. The first-order valence-electron chi connectivity index (χ1n) is 5.41. The number of rotatable bonds is 6. The van der Waals surface area contributed by atoms with Crippen molar-refractivity contribution in [3.63, 3.8) is 0 Å². The molecule has 0 saturated carbocycles. The molecule has 5 nitrogen and oxygen atoms in total. The van der Waals surface area contributed by atoms with E-state index < -0.39 is 0 Å².